The molecule has 0 radical (unpaired) electrons. The number of nitrogens with zero attached hydrogens (tertiary/aromatic N) is 2. The lowest BCUT2D eigenvalue weighted by Crippen LogP contribution is -2.42. The van der Waals surface area contributed by atoms with E-state index in [1.807, 2.05) is 11.8 Å². The first-order valence-electron chi connectivity index (χ1n) is 6.96. The first kappa shape index (κ1) is 13.8. The van der Waals surface area contributed by atoms with Gasteiger partial charge in [-0.3, -0.25) is 9.78 Å². The minimum absolute atomic E-state index is 0.0168. The average molecular weight is 261 g/mol. The standard InChI is InChI=1S/C15H23N3O/c1-4-15(3)5-7-18(8-6-15)14(19)12-10-17-11(2)9-13(12)16/h9-10H,4-8H2,1-3H3,(H2,16,17). The zero-order chi connectivity index (χ0) is 14.0. The third-order valence-electron chi connectivity index (χ3n) is 4.41. The fourth-order valence-electron chi connectivity index (χ4n) is 2.53. The van der Waals surface area contributed by atoms with Gasteiger partial charge in [0.2, 0.25) is 0 Å². The van der Waals surface area contributed by atoms with Gasteiger partial charge in [-0.15, -0.1) is 0 Å². The number of aryl methyl sites for hydroxylation is 1. The summed E-state index contributed by atoms with van der Waals surface area (Å²) in [6.45, 7) is 8.03. The summed E-state index contributed by atoms with van der Waals surface area (Å²) in [6, 6.07) is 1.76. The van der Waals surface area contributed by atoms with E-state index in [1.54, 1.807) is 12.3 Å². The predicted molar refractivity (Wildman–Crippen MR) is 76.9 cm³/mol. The number of nitrogens with two attached hydrogens (primary N) is 1. The molecule has 1 aliphatic rings. The molecule has 0 atom stereocenters. The predicted octanol–water partition coefficient (Wildman–Crippen LogP) is 2.62. The van der Waals surface area contributed by atoms with Crippen molar-refractivity contribution in [3.63, 3.8) is 0 Å². The molecular weight excluding hydrogens is 238 g/mol. The number of pyridine rings is 1. The topological polar surface area (TPSA) is 59.2 Å². The molecular formula is C15H23N3O. The van der Waals surface area contributed by atoms with Gasteiger partial charge in [-0.1, -0.05) is 20.3 Å². The van der Waals surface area contributed by atoms with E-state index in [9.17, 15) is 4.79 Å². The highest BCUT2D eigenvalue weighted by Gasteiger charge is 2.31. The van der Waals surface area contributed by atoms with Crippen molar-refractivity contribution in [2.24, 2.45) is 5.41 Å². The van der Waals surface area contributed by atoms with E-state index in [0.717, 1.165) is 31.6 Å². The van der Waals surface area contributed by atoms with Crippen LogP contribution < -0.4 is 5.73 Å². The van der Waals surface area contributed by atoms with E-state index in [2.05, 4.69) is 18.8 Å². The number of likely N-dealkylation sites (tertiary alicyclic amines) is 1. The van der Waals surface area contributed by atoms with Crippen LogP contribution in [0.5, 0.6) is 0 Å². The van der Waals surface area contributed by atoms with Crippen LogP contribution in [0.15, 0.2) is 12.3 Å². The number of anilines is 1. The van der Waals surface area contributed by atoms with Crippen LogP contribution in [0.3, 0.4) is 0 Å². The van der Waals surface area contributed by atoms with Gasteiger partial charge in [-0.2, -0.15) is 0 Å². The second-order valence-electron chi connectivity index (χ2n) is 5.87. The third-order valence-corrected chi connectivity index (χ3v) is 4.41. The molecule has 1 saturated heterocycles. The SMILES string of the molecule is CCC1(C)CCN(C(=O)c2cnc(C)cc2N)CC1. The molecule has 0 bridgehead atoms. The van der Waals surface area contributed by atoms with Crippen molar-refractivity contribution >= 4 is 11.6 Å². The quantitative estimate of drug-likeness (QED) is 0.890. The maximum atomic E-state index is 12.4. The van der Waals surface area contributed by atoms with Gasteiger partial charge in [0.25, 0.3) is 5.91 Å². The van der Waals surface area contributed by atoms with E-state index in [4.69, 9.17) is 5.73 Å². The Hall–Kier alpha value is -1.58. The summed E-state index contributed by atoms with van der Waals surface area (Å²) in [5.74, 6) is 0.0168. The highest BCUT2D eigenvalue weighted by Crippen LogP contribution is 2.34. The molecule has 0 spiro atoms. The average Bonchev–Trinajstić information content (AvgIpc) is 2.39. The number of rotatable bonds is 2. The molecule has 19 heavy (non-hydrogen) atoms. The summed E-state index contributed by atoms with van der Waals surface area (Å²) < 4.78 is 0. The Kier molecular flexibility index (Phi) is 3.78. The summed E-state index contributed by atoms with van der Waals surface area (Å²) in [5, 5.41) is 0. The minimum Gasteiger partial charge on any atom is -0.398 e. The van der Waals surface area contributed by atoms with Crippen molar-refractivity contribution in [2.45, 2.75) is 40.0 Å². The van der Waals surface area contributed by atoms with E-state index >= 15 is 0 Å². The molecule has 1 fully saturated rings. The Labute approximate surface area is 115 Å². The molecule has 2 heterocycles. The number of hydrogen-bond acceptors (Lipinski definition) is 3. The Bertz CT molecular complexity index is 476. The van der Waals surface area contributed by atoms with Gasteiger partial charge in [0, 0.05) is 30.7 Å². The molecule has 2 rings (SSSR count). The van der Waals surface area contributed by atoms with Crippen molar-refractivity contribution in [2.75, 3.05) is 18.8 Å². The van der Waals surface area contributed by atoms with E-state index < -0.39 is 0 Å². The maximum absolute atomic E-state index is 12.4. The molecule has 0 aromatic carbocycles. The summed E-state index contributed by atoms with van der Waals surface area (Å²) in [6.07, 6.45) is 4.90. The van der Waals surface area contributed by atoms with Gasteiger partial charge < -0.3 is 10.6 Å². The minimum atomic E-state index is 0.0168. The molecule has 1 aliphatic heterocycles. The van der Waals surface area contributed by atoms with Gasteiger partial charge in [-0.05, 0) is 31.2 Å². The van der Waals surface area contributed by atoms with Crippen molar-refractivity contribution < 1.29 is 4.79 Å². The summed E-state index contributed by atoms with van der Waals surface area (Å²) in [7, 11) is 0. The fourth-order valence-corrected chi connectivity index (χ4v) is 2.53. The van der Waals surface area contributed by atoms with Crippen LogP contribution in [-0.2, 0) is 0 Å². The number of carbonyl (C=O) groups is 1. The number of nitrogen functional groups attached to an aromatic ring is 1. The number of hydrogen-bond donors (Lipinski definition) is 1. The molecule has 1 aromatic rings. The number of aromatic nitrogens is 1. The molecule has 0 unspecified atom stereocenters. The Morgan fingerprint density at radius 2 is 2.11 bits per heavy atom. The highest BCUT2D eigenvalue weighted by atomic mass is 16.2. The number of piperidine rings is 1. The van der Waals surface area contributed by atoms with Crippen molar-refractivity contribution in [1.82, 2.24) is 9.88 Å². The monoisotopic (exact) mass is 261 g/mol. The molecule has 4 heteroatoms. The van der Waals surface area contributed by atoms with Crippen LogP contribution in [0.25, 0.3) is 0 Å². The summed E-state index contributed by atoms with van der Waals surface area (Å²) in [4.78, 5) is 18.5. The van der Waals surface area contributed by atoms with E-state index in [1.165, 1.54) is 6.42 Å². The molecule has 4 nitrogen and oxygen atoms in total. The van der Waals surface area contributed by atoms with Gasteiger partial charge in [-0.25, -0.2) is 0 Å². The van der Waals surface area contributed by atoms with Crippen molar-refractivity contribution in [3.8, 4) is 0 Å². The fraction of sp³-hybridized carbons (Fsp3) is 0.600. The van der Waals surface area contributed by atoms with Crippen LogP contribution >= 0.6 is 0 Å². The molecule has 104 valence electrons. The van der Waals surface area contributed by atoms with Crippen LogP contribution in [0.4, 0.5) is 5.69 Å². The van der Waals surface area contributed by atoms with E-state index in [-0.39, 0.29) is 5.91 Å². The van der Waals surface area contributed by atoms with Gasteiger partial charge in [0.15, 0.2) is 0 Å². The van der Waals surface area contributed by atoms with Gasteiger partial charge in [0.1, 0.15) is 0 Å². The van der Waals surface area contributed by atoms with Crippen molar-refractivity contribution in [1.29, 1.82) is 0 Å². The zero-order valence-corrected chi connectivity index (χ0v) is 12.1. The molecule has 0 aliphatic carbocycles. The second kappa shape index (κ2) is 5.19. The Balaban J connectivity index is 2.09. The highest BCUT2D eigenvalue weighted by molar-refractivity contribution is 5.98. The molecule has 1 aromatic heterocycles. The third kappa shape index (κ3) is 2.88. The zero-order valence-electron chi connectivity index (χ0n) is 12.1. The van der Waals surface area contributed by atoms with E-state index in [0.29, 0.717) is 16.7 Å². The normalized spacial score (nSPS) is 18.4. The molecule has 2 N–H and O–H groups in total. The first-order valence-corrected chi connectivity index (χ1v) is 6.96. The Morgan fingerprint density at radius 3 is 2.63 bits per heavy atom. The lowest BCUT2D eigenvalue weighted by atomic mass is 9.78. The Morgan fingerprint density at radius 1 is 1.47 bits per heavy atom. The van der Waals surface area contributed by atoms with Gasteiger partial charge >= 0.3 is 0 Å². The molecule has 1 amide bonds. The maximum Gasteiger partial charge on any atom is 0.257 e. The van der Waals surface area contributed by atoms with Gasteiger partial charge in [0.05, 0.1) is 5.56 Å². The first-order chi connectivity index (χ1) is 8.95. The number of carbonyl (C=O) groups excluding carboxylic acids is 1. The summed E-state index contributed by atoms with van der Waals surface area (Å²) in [5.41, 5.74) is 8.20. The van der Waals surface area contributed by atoms with Crippen LogP contribution in [0.2, 0.25) is 0 Å². The van der Waals surface area contributed by atoms with Crippen molar-refractivity contribution in [3.05, 3.63) is 23.5 Å². The largest absolute Gasteiger partial charge is 0.398 e. The summed E-state index contributed by atoms with van der Waals surface area (Å²) >= 11 is 0. The second-order valence-corrected chi connectivity index (χ2v) is 5.87. The van der Waals surface area contributed by atoms with Crippen LogP contribution in [0.1, 0.15) is 49.2 Å². The number of amides is 1. The van der Waals surface area contributed by atoms with Crippen LogP contribution in [0, 0.1) is 12.3 Å². The smallest absolute Gasteiger partial charge is 0.257 e. The van der Waals surface area contributed by atoms with Crippen LogP contribution in [-0.4, -0.2) is 28.9 Å². The lowest BCUT2D eigenvalue weighted by Gasteiger charge is -2.39. The lowest BCUT2D eigenvalue weighted by molar-refractivity contribution is 0.0601. The molecule has 0 saturated carbocycles.